The predicted octanol–water partition coefficient (Wildman–Crippen LogP) is 3.70. The molecule has 30 heavy (non-hydrogen) atoms. The van der Waals surface area contributed by atoms with Crippen LogP contribution in [0.2, 0.25) is 0 Å². The molecule has 0 aliphatic rings. The first-order chi connectivity index (χ1) is 14.3. The number of carbonyl (C=O) groups excluding carboxylic acids is 1. The average molecular weight is 400 g/mol. The smallest absolute Gasteiger partial charge is 0.200 e. The van der Waals surface area contributed by atoms with Gasteiger partial charge >= 0.3 is 0 Å². The summed E-state index contributed by atoms with van der Waals surface area (Å²) in [5.74, 6) is -1.14. The van der Waals surface area contributed by atoms with E-state index >= 15 is 0 Å². The highest BCUT2D eigenvalue weighted by molar-refractivity contribution is 6.10. The quantitative estimate of drug-likeness (QED) is 0.402. The van der Waals surface area contributed by atoms with Gasteiger partial charge in [0.1, 0.15) is 0 Å². The van der Waals surface area contributed by atoms with Crippen molar-refractivity contribution < 1.29 is 15.0 Å². The van der Waals surface area contributed by atoms with Gasteiger partial charge in [-0.2, -0.15) is 0 Å². The van der Waals surface area contributed by atoms with E-state index in [-0.39, 0.29) is 16.7 Å². The first-order valence-corrected chi connectivity index (χ1v) is 9.45. The fourth-order valence-electron chi connectivity index (χ4n) is 3.43. The Hall–Kier alpha value is -3.93. The summed E-state index contributed by atoms with van der Waals surface area (Å²) >= 11 is 0. The van der Waals surface area contributed by atoms with Gasteiger partial charge in [-0.05, 0) is 48.7 Å². The highest BCUT2D eigenvalue weighted by Gasteiger charge is 2.19. The molecule has 150 valence electrons. The Labute approximate surface area is 172 Å². The van der Waals surface area contributed by atoms with Gasteiger partial charge in [0.25, 0.3) is 0 Å². The van der Waals surface area contributed by atoms with Crippen molar-refractivity contribution in [1.29, 1.82) is 0 Å². The standard InChI is InChI=1S/C24H20N2O4/c1-14-5-6-17(8-15(14)2)23(29)19-13-26(12-16-4-3-7-25-11-16)20-10-22(28)21(27)9-18(20)24(19)30/h3-11,13,27-28H,12H2,1-2H3. The van der Waals surface area contributed by atoms with Crippen molar-refractivity contribution in [2.75, 3.05) is 0 Å². The van der Waals surface area contributed by atoms with Crippen molar-refractivity contribution in [3.05, 3.63) is 99.1 Å². The minimum atomic E-state index is -0.494. The third kappa shape index (κ3) is 3.43. The largest absolute Gasteiger partial charge is 0.504 e. The molecule has 0 unspecified atom stereocenters. The number of hydrogen-bond acceptors (Lipinski definition) is 5. The third-order valence-corrected chi connectivity index (χ3v) is 5.27. The molecule has 2 N–H and O–H groups in total. The van der Waals surface area contributed by atoms with Crippen molar-refractivity contribution in [2.45, 2.75) is 20.4 Å². The predicted molar refractivity (Wildman–Crippen MR) is 114 cm³/mol. The van der Waals surface area contributed by atoms with Crippen molar-refractivity contribution in [3.8, 4) is 11.5 Å². The third-order valence-electron chi connectivity index (χ3n) is 5.27. The maximum absolute atomic E-state index is 13.2. The number of nitrogens with zero attached hydrogens (tertiary/aromatic N) is 2. The van der Waals surface area contributed by atoms with Crippen LogP contribution < -0.4 is 5.43 Å². The topological polar surface area (TPSA) is 92.4 Å². The van der Waals surface area contributed by atoms with Crippen LogP contribution in [0, 0.1) is 13.8 Å². The van der Waals surface area contributed by atoms with Crippen molar-refractivity contribution in [3.63, 3.8) is 0 Å². The second-order valence-corrected chi connectivity index (χ2v) is 7.35. The van der Waals surface area contributed by atoms with Crippen LogP contribution in [0.1, 0.15) is 32.6 Å². The number of phenolic OH excluding ortho intramolecular Hbond substituents is 2. The number of rotatable bonds is 4. The SMILES string of the molecule is Cc1ccc(C(=O)c2cn(Cc3cccnc3)c3cc(O)c(O)cc3c2=O)cc1C. The van der Waals surface area contributed by atoms with Gasteiger partial charge in [-0.1, -0.05) is 18.2 Å². The number of aromatic hydroxyl groups is 2. The molecule has 0 saturated heterocycles. The van der Waals surface area contributed by atoms with Crippen molar-refractivity contribution in [1.82, 2.24) is 9.55 Å². The van der Waals surface area contributed by atoms with Gasteiger partial charge in [-0.25, -0.2) is 0 Å². The number of carbonyl (C=O) groups is 1. The van der Waals surface area contributed by atoms with Gasteiger partial charge in [0.05, 0.1) is 16.5 Å². The zero-order valence-corrected chi connectivity index (χ0v) is 16.6. The summed E-state index contributed by atoms with van der Waals surface area (Å²) in [7, 11) is 0. The van der Waals surface area contributed by atoms with Gasteiger partial charge in [0, 0.05) is 36.8 Å². The Bertz CT molecular complexity index is 1340. The first kappa shape index (κ1) is 19.4. The van der Waals surface area contributed by atoms with Gasteiger partial charge in [-0.15, -0.1) is 0 Å². The lowest BCUT2D eigenvalue weighted by Gasteiger charge is -2.14. The van der Waals surface area contributed by atoms with Crippen LogP contribution in [0.3, 0.4) is 0 Å². The number of ketones is 1. The maximum Gasteiger partial charge on any atom is 0.200 e. The second kappa shape index (κ2) is 7.48. The van der Waals surface area contributed by atoms with E-state index in [1.807, 2.05) is 26.0 Å². The second-order valence-electron chi connectivity index (χ2n) is 7.35. The van der Waals surface area contributed by atoms with E-state index in [0.717, 1.165) is 16.7 Å². The fraction of sp³-hybridized carbons (Fsp3) is 0.125. The molecule has 6 nitrogen and oxygen atoms in total. The summed E-state index contributed by atoms with van der Waals surface area (Å²) in [5.41, 5.74) is 3.21. The van der Waals surface area contributed by atoms with Crippen LogP contribution in [0.4, 0.5) is 0 Å². The maximum atomic E-state index is 13.2. The van der Waals surface area contributed by atoms with Crippen LogP contribution in [0.5, 0.6) is 11.5 Å². The summed E-state index contributed by atoms with van der Waals surface area (Å²) in [4.78, 5) is 30.4. The highest BCUT2D eigenvalue weighted by Crippen LogP contribution is 2.29. The number of aromatic nitrogens is 2. The molecule has 0 radical (unpaired) electrons. The fourth-order valence-corrected chi connectivity index (χ4v) is 3.43. The van der Waals surface area contributed by atoms with Crippen LogP contribution in [0.25, 0.3) is 10.9 Å². The molecule has 2 aromatic heterocycles. The molecule has 0 atom stereocenters. The lowest BCUT2D eigenvalue weighted by molar-refractivity contribution is 0.103. The summed E-state index contributed by atoms with van der Waals surface area (Å²) in [5, 5.41) is 20.1. The van der Waals surface area contributed by atoms with Crippen LogP contribution in [0.15, 0.2) is 65.8 Å². The molecular weight excluding hydrogens is 380 g/mol. The molecule has 0 bridgehead atoms. The molecular formula is C24H20N2O4. The molecule has 0 aliphatic heterocycles. The minimum Gasteiger partial charge on any atom is -0.504 e. The lowest BCUT2D eigenvalue weighted by Crippen LogP contribution is -2.20. The molecule has 2 heterocycles. The van der Waals surface area contributed by atoms with Crippen molar-refractivity contribution >= 4 is 16.7 Å². The number of hydrogen-bond donors (Lipinski definition) is 2. The average Bonchev–Trinajstić information content (AvgIpc) is 2.74. The van der Waals surface area contributed by atoms with E-state index in [0.29, 0.717) is 17.6 Å². The Morgan fingerprint density at radius 3 is 2.50 bits per heavy atom. The molecule has 0 spiro atoms. The van der Waals surface area contributed by atoms with E-state index in [2.05, 4.69) is 4.98 Å². The summed E-state index contributed by atoms with van der Waals surface area (Å²) in [6, 6.07) is 11.5. The molecule has 4 rings (SSSR count). The Balaban J connectivity index is 1.94. The Morgan fingerprint density at radius 1 is 1.03 bits per heavy atom. The van der Waals surface area contributed by atoms with Gasteiger partial charge in [0.15, 0.2) is 17.3 Å². The van der Waals surface area contributed by atoms with E-state index in [9.17, 15) is 19.8 Å². The zero-order chi connectivity index (χ0) is 21.4. The van der Waals surface area contributed by atoms with E-state index in [1.54, 1.807) is 35.2 Å². The molecule has 0 amide bonds. The summed E-state index contributed by atoms with van der Waals surface area (Å²) in [6.45, 7) is 4.20. The highest BCUT2D eigenvalue weighted by atomic mass is 16.3. The molecule has 4 aromatic rings. The van der Waals surface area contributed by atoms with E-state index in [4.69, 9.17) is 0 Å². The van der Waals surface area contributed by atoms with Crippen LogP contribution in [-0.2, 0) is 6.54 Å². The Morgan fingerprint density at radius 2 is 1.80 bits per heavy atom. The number of aryl methyl sites for hydroxylation is 2. The van der Waals surface area contributed by atoms with Crippen LogP contribution in [-0.4, -0.2) is 25.5 Å². The van der Waals surface area contributed by atoms with Gasteiger partial charge in [-0.3, -0.25) is 14.6 Å². The number of fused-ring (bicyclic) bond motifs is 1. The van der Waals surface area contributed by atoms with Crippen LogP contribution >= 0.6 is 0 Å². The first-order valence-electron chi connectivity index (χ1n) is 9.45. The molecule has 2 aromatic carbocycles. The van der Waals surface area contributed by atoms with Gasteiger partial charge < -0.3 is 14.8 Å². The lowest BCUT2D eigenvalue weighted by atomic mass is 9.98. The van der Waals surface area contributed by atoms with E-state index in [1.165, 1.54) is 18.3 Å². The summed E-state index contributed by atoms with van der Waals surface area (Å²) < 4.78 is 1.71. The van der Waals surface area contributed by atoms with Gasteiger partial charge in [0.2, 0.25) is 5.43 Å². The van der Waals surface area contributed by atoms with Crippen molar-refractivity contribution in [2.24, 2.45) is 0 Å². The molecule has 0 saturated carbocycles. The molecule has 6 heteroatoms. The number of pyridine rings is 2. The number of benzene rings is 2. The number of phenols is 2. The zero-order valence-electron chi connectivity index (χ0n) is 16.6. The van der Waals surface area contributed by atoms with E-state index < -0.39 is 17.0 Å². The Kier molecular flexibility index (Phi) is 4.83. The monoisotopic (exact) mass is 400 g/mol. The normalized spacial score (nSPS) is 11.0. The summed E-state index contributed by atoms with van der Waals surface area (Å²) in [6.07, 6.45) is 4.85. The molecule has 0 fully saturated rings. The molecule has 0 aliphatic carbocycles. The minimum absolute atomic E-state index is 0.000247.